The molecule has 0 fully saturated rings. The van der Waals surface area contributed by atoms with Crippen LogP contribution in [0.1, 0.15) is 49.4 Å². The number of benzene rings is 1. The summed E-state index contributed by atoms with van der Waals surface area (Å²) < 4.78 is 5.40. The van der Waals surface area contributed by atoms with Gasteiger partial charge in [0, 0.05) is 18.4 Å². The standard InChI is InChI=1S/C22H27N3O2/c1-2-27-20-11-9-19(10-12-20)25-22(26)18-8-13-21(24-16-18)23-15-14-17-6-4-3-5-7-17/h6,8-13,16H,2-5,7,14-15H2,1H3,(H,23,24)(H,25,26). The first-order valence-corrected chi connectivity index (χ1v) is 9.66. The van der Waals surface area contributed by atoms with Gasteiger partial charge in [0.1, 0.15) is 11.6 Å². The zero-order valence-electron chi connectivity index (χ0n) is 15.8. The highest BCUT2D eigenvalue weighted by molar-refractivity contribution is 6.04. The third-order valence-corrected chi connectivity index (χ3v) is 4.59. The van der Waals surface area contributed by atoms with Crippen LogP contribution in [0.2, 0.25) is 0 Å². The first-order chi connectivity index (χ1) is 13.2. The number of aromatic nitrogens is 1. The molecule has 0 saturated heterocycles. The summed E-state index contributed by atoms with van der Waals surface area (Å²) in [5, 5.41) is 6.20. The minimum absolute atomic E-state index is 0.175. The number of anilines is 2. The minimum Gasteiger partial charge on any atom is -0.494 e. The van der Waals surface area contributed by atoms with E-state index in [1.54, 1.807) is 17.8 Å². The second-order valence-electron chi connectivity index (χ2n) is 6.63. The van der Waals surface area contributed by atoms with Crippen molar-refractivity contribution in [3.8, 4) is 5.75 Å². The Hall–Kier alpha value is -2.82. The Bertz CT molecular complexity index is 767. The summed E-state index contributed by atoms with van der Waals surface area (Å²) in [6.45, 7) is 3.43. The smallest absolute Gasteiger partial charge is 0.257 e. The number of amides is 1. The van der Waals surface area contributed by atoms with E-state index >= 15 is 0 Å². The molecule has 27 heavy (non-hydrogen) atoms. The number of ether oxygens (including phenoxy) is 1. The van der Waals surface area contributed by atoms with Crippen LogP contribution < -0.4 is 15.4 Å². The molecule has 1 aliphatic rings. The van der Waals surface area contributed by atoms with Gasteiger partial charge in [-0.3, -0.25) is 4.79 Å². The molecule has 5 nitrogen and oxygen atoms in total. The van der Waals surface area contributed by atoms with Gasteiger partial charge >= 0.3 is 0 Å². The Morgan fingerprint density at radius 3 is 2.67 bits per heavy atom. The number of carbonyl (C=O) groups is 1. The van der Waals surface area contributed by atoms with Crippen molar-refractivity contribution in [2.24, 2.45) is 0 Å². The fourth-order valence-electron chi connectivity index (χ4n) is 3.12. The van der Waals surface area contributed by atoms with Gasteiger partial charge < -0.3 is 15.4 Å². The third kappa shape index (κ3) is 5.84. The molecular formula is C22H27N3O2. The number of rotatable bonds is 8. The number of carbonyl (C=O) groups excluding carboxylic acids is 1. The number of nitrogens with zero attached hydrogens (tertiary/aromatic N) is 1. The SMILES string of the molecule is CCOc1ccc(NC(=O)c2ccc(NCCC3=CCCCC3)nc2)cc1. The van der Waals surface area contributed by atoms with E-state index in [0.717, 1.165) is 30.2 Å². The van der Waals surface area contributed by atoms with E-state index in [1.165, 1.54) is 25.7 Å². The van der Waals surface area contributed by atoms with Crippen LogP contribution in [0.5, 0.6) is 5.75 Å². The molecule has 1 amide bonds. The van der Waals surface area contributed by atoms with Gasteiger partial charge in [-0.15, -0.1) is 0 Å². The lowest BCUT2D eigenvalue weighted by atomic mass is 9.97. The highest BCUT2D eigenvalue weighted by atomic mass is 16.5. The average molecular weight is 365 g/mol. The summed E-state index contributed by atoms with van der Waals surface area (Å²) in [5.41, 5.74) is 2.80. The van der Waals surface area contributed by atoms with Gasteiger partial charge in [0.25, 0.3) is 5.91 Å². The van der Waals surface area contributed by atoms with Crippen molar-refractivity contribution in [2.45, 2.75) is 39.0 Å². The second-order valence-corrected chi connectivity index (χ2v) is 6.63. The predicted molar refractivity (Wildman–Crippen MR) is 109 cm³/mol. The molecule has 0 aliphatic heterocycles. The monoisotopic (exact) mass is 365 g/mol. The van der Waals surface area contributed by atoms with Gasteiger partial charge in [-0.25, -0.2) is 4.98 Å². The summed E-state index contributed by atoms with van der Waals surface area (Å²) in [6, 6.07) is 11.0. The number of nitrogens with one attached hydrogen (secondary N) is 2. The lowest BCUT2D eigenvalue weighted by Gasteiger charge is -2.13. The second kappa shape index (κ2) is 9.76. The summed E-state index contributed by atoms with van der Waals surface area (Å²) in [7, 11) is 0. The van der Waals surface area contributed by atoms with Crippen molar-refractivity contribution >= 4 is 17.4 Å². The van der Waals surface area contributed by atoms with Crippen LogP contribution in [0.4, 0.5) is 11.5 Å². The molecule has 5 heteroatoms. The molecule has 3 rings (SSSR count). The molecule has 0 unspecified atom stereocenters. The molecule has 2 N–H and O–H groups in total. The molecule has 0 radical (unpaired) electrons. The normalized spacial score (nSPS) is 13.6. The van der Waals surface area contributed by atoms with E-state index < -0.39 is 0 Å². The van der Waals surface area contributed by atoms with E-state index in [9.17, 15) is 4.79 Å². The van der Waals surface area contributed by atoms with Crippen LogP contribution >= 0.6 is 0 Å². The zero-order valence-corrected chi connectivity index (χ0v) is 15.8. The number of hydrogen-bond donors (Lipinski definition) is 2. The van der Waals surface area contributed by atoms with E-state index in [1.807, 2.05) is 37.3 Å². The van der Waals surface area contributed by atoms with Crippen molar-refractivity contribution in [3.63, 3.8) is 0 Å². The molecule has 142 valence electrons. The van der Waals surface area contributed by atoms with Crippen molar-refractivity contribution in [1.82, 2.24) is 4.98 Å². The number of pyridine rings is 1. The Morgan fingerprint density at radius 2 is 2.00 bits per heavy atom. The Kier molecular flexibility index (Phi) is 6.85. The van der Waals surface area contributed by atoms with Gasteiger partial charge in [-0.1, -0.05) is 11.6 Å². The van der Waals surface area contributed by atoms with Gasteiger partial charge in [0.05, 0.1) is 12.2 Å². The van der Waals surface area contributed by atoms with E-state index in [0.29, 0.717) is 12.2 Å². The topological polar surface area (TPSA) is 63.2 Å². The lowest BCUT2D eigenvalue weighted by Crippen LogP contribution is -2.12. The largest absolute Gasteiger partial charge is 0.494 e. The maximum absolute atomic E-state index is 12.3. The molecule has 0 saturated carbocycles. The Morgan fingerprint density at radius 1 is 1.15 bits per heavy atom. The van der Waals surface area contributed by atoms with Crippen LogP contribution in [-0.4, -0.2) is 24.0 Å². The molecule has 1 aliphatic carbocycles. The van der Waals surface area contributed by atoms with Crippen LogP contribution in [0.15, 0.2) is 54.2 Å². The molecule has 0 spiro atoms. The number of hydrogen-bond acceptors (Lipinski definition) is 4. The number of allylic oxidation sites excluding steroid dienone is 1. The molecule has 1 aromatic carbocycles. The zero-order chi connectivity index (χ0) is 18.9. The van der Waals surface area contributed by atoms with Crippen molar-refractivity contribution in [1.29, 1.82) is 0 Å². The molecule has 1 aromatic heterocycles. The van der Waals surface area contributed by atoms with Crippen LogP contribution in [0, 0.1) is 0 Å². The first kappa shape index (κ1) is 19.0. The van der Waals surface area contributed by atoms with Crippen LogP contribution in [0.25, 0.3) is 0 Å². The van der Waals surface area contributed by atoms with Crippen molar-refractivity contribution < 1.29 is 9.53 Å². The highest BCUT2D eigenvalue weighted by Crippen LogP contribution is 2.20. The molecular weight excluding hydrogens is 338 g/mol. The van der Waals surface area contributed by atoms with Crippen LogP contribution in [0.3, 0.4) is 0 Å². The Balaban J connectivity index is 1.48. The average Bonchev–Trinajstić information content (AvgIpc) is 2.71. The lowest BCUT2D eigenvalue weighted by molar-refractivity contribution is 0.102. The fraction of sp³-hybridized carbons (Fsp3) is 0.364. The van der Waals surface area contributed by atoms with E-state index in [4.69, 9.17) is 4.74 Å². The minimum atomic E-state index is -0.175. The van der Waals surface area contributed by atoms with Crippen molar-refractivity contribution in [3.05, 3.63) is 59.8 Å². The molecule has 2 aromatic rings. The first-order valence-electron chi connectivity index (χ1n) is 9.66. The molecule has 0 atom stereocenters. The molecule has 0 bridgehead atoms. The quantitative estimate of drug-likeness (QED) is 0.644. The highest BCUT2D eigenvalue weighted by Gasteiger charge is 2.08. The summed E-state index contributed by atoms with van der Waals surface area (Å²) in [5.74, 6) is 1.41. The van der Waals surface area contributed by atoms with Gasteiger partial charge in [-0.2, -0.15) is 0 Å². The fourth-order valence-corrected chi connectivity index (χ4v) is 3.12. The predicted octanol–water partition coefficient (Wildman–Crippen LogP) is 5.04. The molecule has 1 heterocycles. The van der Waals surface area contributed by atoms with Crippen molar-refractivity contribution in [2.75, 3.05) is 23.8 Å². The Labute approximate surface area is 160 Å². The van der Waals surface area contributed by atoms with E-state index in [-0.39, 0.29) is 5.91 Å². The third-order valence-electron chi connectivity index (χ3n) is 4.59. The maximum atomic E-state index is 12.3. The summed E-state index contributed by atoms with van der Waals surface area (Å²) in [6.07, 6.45) is 10.1. The maximum Gasteiger partial charge on any atom is 0.257 e. The van der Waals surface area contributed by atoms with Gasteiger partial charge in [0.15, 0.2) is 0 Å². The van der Waals surface area contributed by atoms with Crippen LogP contribution in [-0.2, 0) is 0 Å². The summed E-state index contributed by atoms with van der Waals surface area (Å²) in [4.78, 5) is 16.7. The van der Waals surface area contributed by atoms with E-state index in [2.05, 4.69) is 21.7 Å². The van der Waals surface area contributed by atoms with Gasteiger partial charge in [0.2, 0.25) is 0 Å². The summed E-state index contributed by atoms with van der Waals surface area (Å²) >= 11 is 0. The van der Waals surface area contributed by atoms with Gasteiger partial charge in [-0.05, 0) is 75.4 Å².